The summed E-state index contributed by atoms with van der Waals surface area (Å²) in [7, 11) is 0. The van der Waals surface area contributed by atoms with Gasteiger partial charge in [-0.05, 0) is 5.82 Å². The second-order valence-electron chi connectivity index (χ2n) is 6.20. The number of hydrogen-bond donors (Lipinski definition) is 0. The summed E-state index contributed by atoms with van der Waals surface area (Å²) in [6.45, 7) is 7.85. The minimum absolute atomic E-state index is 0.786. The lowest BCUT2D eigenvalue weighted by atomic mass is 9.34. The van der Waals surface area contributed by atoms with E-state index in [2.05, 4.69) is 51.1 Å². The molecule has 0 amide bonds. The van der Waals surface area contributed by atoms with Crippen LogP contribution in [0.3, 0.4) is 0 Å². The molecule has 0 N–H and O–H groups in total. The molecule has 1 heteroatoms. The molecule has 0 nitrogen and oxygen atoms in total. The Bertz CT molecular complexity index is 312. The van der Waals surface area contributed by atoms with Crippen molar-refractivity contribution in [1.29, 1.82) is 0 Å². The molecular weight excluding hydrogens is 239 g/mol. The van der Waals surface area contributed by atoms with Crippen molar-refractivity contribution in [2.75, 3.05) is 0 Å². The molecular formula is C19H33B. The average molecular weight is 272 g/mol. The molecule has 0 aliphatic heterocycles. The normalized spacial score (nSPS) is 12.3. The molecule has 0 heterocycles. The molecule has 1 rings (SSSR count). The fourth-order valence-electron chi connectivity index (χ4n) is 3.28. The van der Waals surface area contributed by atoms with Crippen molar-refractivity contribution in [2.45, 2.75) is 84.2 Å². The second-order valence-corrected chi connectivity index (χ2v) is 6.20. The van der Waals surface area contributed by atoms with Gasteiger partial charge in [0.15, 0.2) is 0 Å². The fourth-order valence-corrected chi connectivity index (χ4v) is 3.28. The quantitative estimate of drug-likeness (QED) is 0.398. The zero-order chi connectivity index (χ0) is 14.6. The van der Waals surface area contributed by atoms with Gasteiger partial charge in [-0.3, -0.25) is 0 Å². The van der Waals surface area contributed by atoms with Crippen LogP contribution < -0.4 is 0 Å². The largest absolute Gasteiger partial charge is 0.148 e. The monoisotopic (exact) mass is 272 g/mol. The third-order valence-corrected chi connectivity index (χ3v) is 4.52. The van der Waals surface area contributed by atoms with Crippen LogP contribution in [0.15, 0.2) is 30.3 Å². The summed E-state index contributed by atoms with van der Waals surface area (Å²) < 4.78 is 0. The minimum Gasteiger partial charge on any atom is -0.0737 e. The Morgan fingerprint density at radius 2 is 1.35 bits per heavy atom. The standard InChI is InChI=1S/C19H33B/c1-4-7-15-19(18-13-11-10-12-14-18)20(16-8-5-2)17-9-6-3/h10-14,19H,4-9,15-17H2,1-3H3/t19-/m0/s1. The summed E-state index contributed by atoms with van der Waals surface area (Å²) in [6, 6.07) is 11.3. The molecule has 0 aliphatic carbocycles. The molecule has 0 spiro atoms. The van der Waals surface area contributed by atoms with Gasteiger partial charge in [0, 0.05) is 0 Å². The lowest BCUT2D eigenvalue weighted by Gasteiger charge is -2.25. The van der Waals surface area contributed by atoms with Crippen LogP contribution >= 0.6 is 0 Å². The number of unbranched alkanes of at least 4 members (excludes halogenated alkanes) is 3. The zero-order valence-electron chi connectivity index (χ0n) is 13.9. The van der Waals surface area contributed by atoms with Crippen LogP contribution in [-0.4, -0.2) is 6.71 Å². The van der Waals surface area contributed by atoms with Gasteiger partial charge >= 0.3 is 0 Å². The first-order valence-corrected chi connectivity index (χ1v) is 8.88. The Labute approximate surface area is 127 Å². The van der Waals surface area contributed by atoms with Crippen molar-refractivity contribution in [3.8, 4) is 0 Å². The van der Waals surface area contributed by atoms with Crippen molar-refractivity contribution in [3.05, 3.63) is 35.9 Å². The molecule has 0 saturated heterocycles. The number of benzene rings is 1. The van der Waals surface area contributed by atoms with Crippen molar-refractivity contribution < 1.29 is 0 Å². The van der Waals surface area contributed by atoms with E-state index in [0.29, 0.717) is 0 Å². The number of hydrogen-bond acceptors (Lipinski definition) is 0. The lowest BCUT2D eigenvalue weighted by Crippen LogP contribution is -2.24. The van der Waals surface area contributed by atoms with E-state index in [1.165, 1.54) is 57.6 Å². The summed E-state index contributed by atoms with van der Waals surface area (Å²) in [5.41, 5.74) is 1.58. The smallest absolute Gasteiger partial charge is 0.0737 e. The van der Waals surface area contributed by atoms with Crippen molar-refractivity contribution in [2.24, 2.45) is 0 Å². The first-order chi connectivity index (χ1) is 9.83. The summed E-state index contributed by atoms with van der Waals surface area (Å²) in [6.07, 6.45) is 12.3. The molecule has 0 radical (unpaired) electrons. The Morgan fingerprint density at radius 3 is 1.85 bits per heavy atom. The highest BCUT2D eigenvalue weighted by atomic mass is 14.1. The van der Waals surface area contributed by atoms with Crippen molar-refractivity contribution in [1.82, 2.24) is 0 Å². The molecule has 112 valence electrons. The van der Waals surface area contributed by atoms with Crippen molar-refractivity contribution in [3.63, 3.8) is 0 Å². The van der Waals surface area contributed by atoms with Gasteiger partial charge in [-0.1, -0.05) is 114 Å². The average Bonchev–Trinajstić information content (AvgIpc) is 2.50. The second kappa shape index (κ2) is 11.0. The summed E-state index contributed by atoms with van der Waals surface area (Å²) in [4.78, 5) is 0. The fraction of sp³-hybridized carbons (Fsp3) is 0.684. The molecule has 0 unspecified atom stereocenters. The van der Waals surface area contributed by atoms with E-state index in [0.717, 1.165) is 12.5 Å². The molecule has 1 aromatic rings. The molecule has 0 aliphatic rings. The van der Waals surface area contributed by atoms with E-state index in [1.54, 1.807) is 5.56 Å². The van der Waals surface area contributed by atoms with E-state index in [9.17, 15) is 0 Å². The van der Waals surface area contributed by atoms with Crippen LogP contribution in [0.5, 0.6) is 0 Å². The Kier molecular flexibility index (Phi) is 9.54. The topological polar surface area (TPSA) is 0 Å². The summed E-state index contributed by atoms with van der Waals surface area (Å²) in [5.74, 6) is 0.786. The van der Waals surface area contributed by atoms with Gasteiger partial charge in [0.2, 0.25) is 0 Å². The van der Waals surface area contributed by atoms with Gasteiger partial charge in [0.1, 0.15) is 6.71 Å². The zero-order valence-corrected chi connectivity index (χ0v) is 13.9. The predicted molar refractivity (Wildman–Crippen MR) is 93.9 cm³/mol. The first-order valence-electron chi connectivity index (χ1n) is 8.88. The van der Waals surface area contributed by atoms with Gasteiger partial charge in [-0.15, -0.1) is 0 Å². The van der Waals surface area contributed by atoms with Crippen LogP contribution in [0.25, 0.3) is 0 Å². The van der Waals surface area contributed by atoms with E-state index < -0.39 is 0 Å². The lowest BCUT2D eigenvalue weighted by molar-refractivity contribution is 0.678. The van der Waals surface area contributed by atoms with E-state index in [1.807, 2.05) is 0 Å². The highest BCUT2D eigenvalue weighted by Gasteiger charge is 2.25. The minimum atomic E-state index is 0.786. The summed E-state index contributed by atoms with van der Waals surface area (Å²) >= 11 is 0. The van der Waals surface area contributed by atoms with Crippen LogP contribution in [-0.2, 0) is 0 Å². The van der Waals surface area contributed by atoms with Gasteiger partial charge in [-0.25, -0.2) is 0 Å². The molecule has 0 aromatic heterocycles. The molecule has 0 saturated carbocycles. The van der Waals surface area contributed by atoms with Gasteiger partial charge in [0.25, 0.3) is 0 Å². The molecule has 0 fully saturated rings. The Balaban J connectivity index is 2.79. The van der Waals surface area contributed by atoms with Crippen molar-refractivity contribution >= 4 is 6.71 Å². The third kappa shape index (κ3) is 6.16. The maximum Gasteiger partial charge on any atom is 0.148 e. The summed E-state index contributed by atoms with van der Waals surface area (Å²) in [5, 5.41) is 0. The van der Waals surface area contributed by atoms with Gasteiger partial charge in [-0.2, -0.15) is 0 Å². The SMILES string of the molecule is CCCCB(CCCC)[C@@H](CCCC)c1ccccc1. The maximum atomic E-state index is 2.35. The van der Waals surface area contributed by atoms with Crippen LogP contribution in [0, 0.1) is 0 Å². The van der Waals surface area contributed by atoms with E-state index >= 15 is 0 Å². The Morgan fingerprint density at radius 1 is 0.800 bits per heavy atom. The number of rotatable bonds is 11. The first kappa shape index (κ1) is 17.3. The van der Waals surface area contributed by atoms with E-state index in [4.69, 9.17) is 0 Å². The molecule has 20 heavy (non-hydrogen) atoms. The molecule has 0 bridgehead atoms. The predicted octanol–water partition coefficient (Wildman–Crippen LogP) is 6.59. The van der Waals surface area contributed by atoms with E-state index in [-0.39, 0.29) is 0 Å². The Hall–Kier alpha value is -0.715. The van der Waals surface area contributed by atoms with Gasteiger partial charge < -0.3 is 0 Å². The third-order valence-electron chi connectivity index (χ3n) is 4.52. The molecule has 1 aromatic carbocycles. The molecule has 1 atom stereocenters. The van der Waals surface area contributed by atoms with Gasteiger partial charge in [0.05, 0.1) is 0 Å². The maximum absolute atomic E-state index is 2.35. The van der Waals surface area contributed by atoms with Crippen LogP contribution in [0.4, 0.5) is 0 Å². The van der Waals surface area contributed by atoms with Crippen LogP contribution in [0.1, 0.15) is 77.1 Å². The van der Waals surface area contributed by atoms with Crippen LogP contribution in [0.2, 0.25) is 12.6 Å². The highest BCUT2D eigenvalue weighted by Crippen LogP contribution is 2.30. The highest BCUT2D eigenvalue weighted by molar-refractivity contribution is 6.60.